The van der Waals surface area contributed by atoms with Gasteiger partial charge in [-0.25, -0.2) is 24.0 Å². The van der Waals surface area contributed by atoms with Crippen molar-refractivity contribution in [3.63, 3.8) is 0 Å². The van der Waals surface area contributed by atoms with Crippen molar-refractivity contribution in [2.75, 3.05) is 0 Å². The smallest absolute Gasteiger partial charge is 0.330 e. The number of carbonyl (C=O) groups is 2. The molecular weight excluding hydrogens is 224 g/mol. The predicted molar refractivity (Wildman–Crippen MR) is 50.6 cm³/mol. The lowest BCUT2D eigenvalue weighted by molar-refractivity contribution is 0.236. The van der Waals surface area contributed by atoms with Gasteiger partial charge in [-0.15, -0.1) is 0 Å². The van der Waals surface area contributed by atoms with E-state index in [0.29, 0.717) is 0 Å². The zero-order chi connectivity index (χ0) is 12.7. The molecule has 1 heterocycles. The van der Waals surface area contributed by atoms with E-state index in [4.69, 9.17) is 0 Å². The minimum absolute atomic E-state index is 0.802. The fourth-order valence-corrected chi connectivity index (χ4v) is 0.525. The maximum atomic E-state index is 10.2. The van der Waals surface area contributed by atoms with Gasteiger partial charge in [0.2, 0.25) is 0 Å². The number of aromatic nitrogens is 3. The fraction of sp³-hybridized carbons (Fsp3) is 0. The van der Waals surface area contributed by atoms with Gasteiger partial charge in [0.1, 0.15) is 0 Å². The van der Waals surface area contributed by atoms with Crippen LogP contribution < -0.4 is 33.9 Å². The number of nitrogens with one attached hydrogen (secondary N) is 4. The van der Waals surface area contributed by atoms with Crippen molar-refractivity contribution < 1.29 is 9.59 Å². The number of aromatic amines is 3. The summed E-state index contributed by atoms with van der Waals surface area (Å²) in [6.45, 7) is 0. The van der Waals surface area contributed by atoms with Crippen molar-refractivity contribution in [1.82, 2.24) is 20.3 Å². The molecule has 11 nitrogen and oxygen atoms in total. The topological polar surface area (TPSA) is 197 Å². The number of nitrogens with two attached hydrogens (primary N) is 2. The molecule has 0 aliphatic rings. The molecule has 0 aliphatic carbocycles. The van der Waals surface area contributed by atoms with Crippen molar-refractivity contribution >= 4 is 12.1 Å². The first-order chi connectivity index (χ1) is 7.31. The highest BCUT2D eigenvalue weighted by molar-refractivity contribution is 5.91. The molecule has 0 bridgehead atoms. The molecule has 0 aliphatic heterocycles. The van der Waals surface area contributed by atoms with Gasteiger partial charge < -0.3 is 11.5 Å². The number of hydrogen-bond donors (Lipinski definition) is 6. The molecule has 16 heavy (non-hydrogen) atoms. The Morgan fingerprint density at radius 2 is 1.06 bits per heavy atom. The van der Waals surface area contributed by atoms with E-state index < -0.39 is 29.1 Å². The van der Waals surface area contributed by atoms with Gasteiger partial charge in [0.15, 0.2) is 0 Å². The Morgan fingerprint density at radius 1 is 0.812 bits per heavy atom. The van der Waals surface area contributed by atoms with Gasteiger partial charge in [-0.05, 0) is 0 Å². The summed E-state index contributed by atoms with van der Waals surface area (Å²) in [5.41, 5.74) is 6.48. The highest BCUT2D eigenvalue weighted by atomic mass is 16.2. The molecule has 0 saturated carbocycles. The van der Waals surface area contributed by atoms with Crippen LogP contribution in [-0.4, -0.2) is 27.0 Å². The lowest BCUT2D eigenvalue weighted by atomic mass is 10.9. The zero-order valence-electron chi connectivity index (χ0n) is 7.70. The van der Waals surface area contributed by atoms with Crippen LogP contribution in [0.5, 0.6) is 0 Å². The molecule has 11 heteroatoms. The molecule has 0 fully saturated rings. The zero-order valence-corrected chi connectivity index (χ0v) is 7.70. The molecule has 1 aromatic rings. The van der Waals surface area contributed by atoms with Crippen LogP contribution in [0, 0.1) is 0 Å². The largest absolute Gasteiger partial charge is 0.351 e. The van der Waals surface area contributed by atoms with Crippen LogP contribution in [0.4, 0.5) is 9.59 Å². The molecule has 0 unspecified atom stereocenters. The van der Waals surface area contributed by atoms with Crippen molar-refractivity contribution in [3.8, 4) is 0 Å². The van der Waals surface area contributed by atoms with Gasteiger partial charge in [-0.2, -0.15) is 0 Å². The van der Waals surface area contributed by atoms with Gasteiger partial charge in [0, 0.05) is 0 Å². The van der Waals surface area contributed by atoms with E-state index in [9.17, 15) is 24.0 Å². The average Bonchev–Trinajstić information content (AvgIpc) is 1.97. The highest BCUT2D eigenvalue weighted by Crippen LogP contribution is 1.51. The summed E-state index contributed by atoms with van der Waals surface area (Å²) in [4.78, 5) is 55.1. The number of hydrogen-bond acceptors (Lipinski definition) is 5. The summed E-state index contributed by atoms with van der Waals surface area (Å²) in [6.07, 6.45) is 0. The Labute approximate surface area is 85.9 Å². The van der Waals surface area contributed by atoms with E-state index in [1.165, 1.54) is 0 Å². The minimum atomic E-state index is -0.938. The first-order valence-electron chi connectivity index (χ1n) is 3.60. The van der Waals surface area contributed by atoms with Crippen LogP contribution >= 0.6 is 0 Å². The fourth-order valence-electron chi connectivity index (χ4n) is 0.525. The van der Waals surface area contributed by atoms with Crippen molar-refractivity contribution in [2.45, 2.75) is 0 Å². The number of carbonyl (C=O) groups excluding carboxylic acids is 2. The quantitative estimate of drug-likeness (QED) is 0.269. The first kappa shape index (κ1) is 13.1. The number of primary amides is 2. The SMILES string of the molecule is NC(=O)NC(N)=O.O=c1[nH]c(=O)[nH]c(=O)[nH]1. The van der Waals surface area contributed by atoms with Crippen molar-refractivity contribution in [2.24, 2.45) is 11.5 Å². The first-order valence-corrected chi connectivity index (χ1v) is 3.60. The maximum Gasteiger partial charge on any atom is 0.330 e. The molecule has 88 valence electrons. The molecular formula is C5H8N6O5. The summed E-state index contributed by atoms with van der Waals surface area (Å²) in [5.74, 6) is 0. The number of urea groups is 2. The van der Waals surface area contributed by atoms with Crippen LogP contribution in [0.3, 0.4) is 0 Å². The Kier molecular flexibility index (Phi) is 4.76. The maximum absolute atomic E-state index is 10.2. The van der Waals surface area contributed by atoms with Crippen molar-refractivity contribution in [1.29, 1.82) is 0 Å². The standard InChI is InChI=1S/C3H3N3O3.C2H5N3O2/c7-1-4-2(8)6-3(9)5-1;3-1(6)5-2(4)7/h(H3,4,5,6,7,8,9);(H5,3,4,5,6,7). The number of amides is 4. The Morgan fingerprint density at radius 3 is 1.19 bits per heavy atom. The summed E-state index contributed by atoms with van der Waals surface area (Å²) in [7, 11) is 0. The van der Waals surface area contributed by atoms with Gasteiger partial charge in [-0.1, -0.05) is 0 Å². The van der Waals surface area contributed by atoms with E-state index in [-0.39, 0.29) is 0 Å². The van der Waals surface area contributed by atoms with E-state index in [1.54, 1.807) is 20.3 Å². The Bertz CT molecular complexity index is 446. The second-order valence-electron chi connectivity index (χ2n) is 2.22. The molecule has 4 amide bonds. The molecule has 1 rings (SSSR count). The molecule has 0 aromatic carbocycles. The van der Waals surface area contributed by atoms with Crippen LogP contribution in [0.1, 0.15) is 0 Å². The van der Waals surface area contributed by atoms with Gasteiger partial charge in [-0.3, -0.25) is 20.3 Å². The van der Waals surface area contributed by atoms with E-state index in [0.717, 1.165) is 0 Å². The van der Waals surface area contributed by atoms with Crippen LogP contribution in [0.15, 0.2) is 14.4 Å². The van der Waals surface area contributed by atoms with E-state index in [1.807, 2.05) is 0 Å². The lowest BCUT2D eigenvalue weighted by Crippen LogP contribution is -2.38. The Balaban J connectivity index is 0.000000293. The molecule has 0 atom stereocenters. The number of rotatable bonds is 0. The number of imide groups is 1. The third-order valence-electron chi connectivity index (χ3n) is 0.928. The summed E-state index contributed by atoms with van der Waals surface area (Å²) < 4.78 is 0. The van der Waals surface area contributed by atoms with Crippen LogP contribution in [0.25, 0.3) is 0 Å². The predicted octanol–water partition coefficient (Wildman–Crippen LogP) is -3.52. The normalized spacial score (nSPS) is 8.50. The average molecular weight is 232 g/mol. The van der Waals surface area contributed by atoms with Gasteiger partial charge >= 0.3 is 29.1 Å². The summed E-state index contributed by atoms with van der Waals surface area (Å²) >= 11 is 0. The minimum Gasteiger partial charge on any atom is -0.351 e. The summed E-state index contributed by atoms with van der Waals surface area (Å²) in [6, 6.07) is -1.88. The molecule has 1 aromatic heterocycles. The highest BCUT2D eigenvalue weighted by Gasteiger charge is 1.92. The third kappa shape index (κ3) is 6.64. The van der Waals surface area contributed by atoms with Crippen molar-refractivity contribution in [3.05, 3.63) is 31.5 Å². The Hall–Kier alpha value is -2.85. The van der Waals surface area contributed by atoms with E-state index >= 15 is 0 Å². The second-order valence-corrected chi connectivity index (χ2v) is 2.22. The van der Waals surface area contributed by atoms with Gasteiger partial charge in [0.25, 0.3) is 0 Å². The third-order valence-corrected chi connectivity index (χ3v) is 0.928. The number of H-pyrrole nitrogens is 3. The van der Waals surface area contributed by atoms with Crippen LogP contribution in [0.2, 0.25) is 0 Å². The van der Waals surface area contributed by atoms with Crippen LogP contribution in [-0.2, 0) is 0 Å². The lowest BCUT2D eigenvalue weighted by Gasteiger charge is -1.88. The molecule has 8 N–H and O–H groups in total. The monoisotopic (exact) mass is 232 g/mol. The molecule has 0 radical (unpaired) electrons. The molecule has 0 spiro atoms. The molecule has 0 saturated heterocycles. The van der Waals surface area contributed by atoms with E-state index in [2.05, 4.69) is 11.5 Å². The summed E-state index contributed by atoms with van der Waals surface area (Å²) in [5, 5.41) is 1.58. The second kappa shape index (κ2) is 5.79. The van der Waals surface area contributed by atoms with Gasteiger partial charge in [0.05, 0.1) is 0 Å².